The molecule has 0 saturated carbocycles. The van der Waals surface area contributed by atoms with Gasteiger partial charge < -0.3 is 5.11 Å². The average Bonchev–Trinajstić information content (AvgIpc) is 3.54. The van der Waals surface area contributed by atoms with Crippen molar-refractivity contribution >= 4 is 45.8 Å². The van der Waals surface area contributed by atoms with Crippen molar-refractivity contribution in [2.45, 2.75) is 38.5 Å². The van der Waals surface area contributed by atoms with Crippen molar-refractivity contribution in [1.29, 1.82) is 0 Å². The molecular formula is C30H26ClN5O6. The Balaban J connectivity index is 1.50. The number of rotatable bonds is 7. The summed E-state index contributed by atoms with van der Waals surface area (Å²) in [6.07, 6.45) is -0.147. The van der Waals surface area contributed by atoms with Gasteiger partial charge in [-0.3, -0.25) is 34.7 Å². The minimum atomic E-state index is -1.95. The number of halogens is 1. The van der Waals surface area contributed by atoms with E-state index in [1.165, 1.54) is 22.9 Å². The van der Waals surface area contributed by atoms with E-state index in [2.05, 4.69) is 10.4 Å². The molecule has 0 radical (unpaired) electrons. The van der Waals surface area contributed by atoms with Crippen molar-refractivity contribution in [1.82, 2.24) is 20.0 Å². The quantitative estimate of drug-likeness (QED) is 0.186. The van der Waals surface area contributed by atoms with Crippen LogP contribution in [0.3, 0.4) is 0 Å². The Morgan fingerprint density at radius 1 is 1.07 bits per heavy atom. The van der Waals surface area contributed by atoms with Crippen LogP contribution in [0.5, 0.6) is 0 Å². The van der Waals surface area contributed by atoms with Crippen LogP contribution in [0.1, 0.15) is 28.6 Å². The zero-order valence-electron chi connectivity index (χ0n) is 22.7. The predicted octanol–water partition coefficient (Wildman–Crippen LogP) is 4.18. The largest absolute Gasteiger partial charge is 0.480 e. The monoisotopic (exact) mass is 587 g/mol. The summed E-state index contributed by atoms with van der Waals surface area (Å²) in [6.45, 7) is 3.36. The smallest absolute Gasteiger partial charge is 0.325 e. The highest BCUT2D eigenvalue weighted by Crippen LogP contribution is 2.52. The molecule has 12 heteroatoms. The SMILES string of the molecule is Cc1cc(C)n(CN2C(=O)C3C(c4cc(Cl)ccc4[N+](=O)[O-])NC(Cc4ccc5ccccc5c4)(C(=O)O)C3C2=O)n1. The van der Waals surface area contributed by atoms with Gasteiger partial charge in [-0.1, -0.05) is 54.1 Å². The van der Waals surface area contributed by atoms with Gasteiger partial charge in [0.2, 0.25) is 11.8 Å². The molecule has 4 unspecified atom stereocenters. The van der Waals surface area contributed by atoms with E-state index in [1.54, 1.807) is 26.0 Å². The number of aryl methyl sites for hydroxylation is 2. The summed E-state index contributed by atoms with van der Waals surface area (Å²) in [5, 5.41) is 32.2. The van der Waals surface area contributed by atoms with Gasteiger partial charge in [0, 0.05) is 28.8 Å². The summed E-state index contributed by atoms with van der Waals surface area (Å²) in [5.41, 5.74) is -0.216. The number of amides is 2. The number of benzene rings is 3. The minimum absolute atomic E-state index is 0.0400. The molecule has 4 atom stereocenters. The maximum absolute atomic E-state index is 14.1. The van der Waals surface area contributed by atoms with Gasteiger partial charge in [-0.25, -0.2) is 4.68 Å². The molecule has 0 aliphatic carbocycles. The van der Waals surface area contributed by atoms with Crippen LogP contribution in [-0.4, -0.2) is 48.0 Å². The third-order valence-corrected chi connectivity index (χ3v) is 8.56. The number of fused-ring (bicyclic) bond motifs is 2. The number of hydrogen-bond donors (Lipinski definition) is 2. The van der Waals surface area contributed by atoms with Gasteiger partial charge in [-0.15, -0.1) is 0 Å². The molecular weight excluding hydrogens is 562 g/mol. The van der Waals surface area contributed by atoms with Gasteiger partial charge in [0.25, 0.3) is 5.69 Å². The molecule has 2 amide bonds. The standard InChI is InChI=1S/C30H26ClN5O6/c1-16-11-17(2)35(33-16)15-34-27(37)24-25(28(34)38)30(29(39)40,14-18-7-8-19-5-3-4-6-20(19)12-18)32-26(24)22-13-21(31)9-10-23(22)36(41)42/h3-13,24-26,32H,14-15H2,1-2H3,(H,39,40). The molecule has 2 aliphatic rings. The second-order valence-corrected chi connectivity index (χ2v) is 11.3. The van der Waals surface area contributed by atoms with Crippen molar-refractivity contribution in [3.8, 4) is 0 Å². The summed E-state index contributed by atoms with van der Waals surface area (Å²) in [5.74, 6) is -5.24. The summed E-state index contributed by atoms with van der Waals surface area (Å²) in [6, 6.07) is 17.6. The molecule has 214 valence electrons. The maximum Gasteiger partial charge on any atom is 0.325 e. The number of aromatic nitrogens is 2. The van der Waals surface area contributed by atoms with Crippen molar-refractivity contribution in [3.05, 3.63) is 104 Å². The van der Waals surface area contributed by atoms with Crippen molar-refractivity contribution in [2.75, 3.05) is 0 Å². The van der Waals surface area contributed by atoms with E-state index in [9.17, 15) is 29.6 Å². The first-order valence-electron chi connectivity index (χ1n) is 13.3. The van der Waals surface area contributed by atoms with E-state index >= 15 is 0 Å². The van der Waals surface area contributed by atoms with Gasteiger partial charge >= 0.3 is 5.97 Å². The van der Waals surface area contributed by atoms with Gasteiger partial charge in [-0.05, 0) is 48.4 Å². The van der Waals surface area contributed by atoms with Crippen LogP contribution in [0, 0.1) is 35.8 Å². The fourth-order valence-corrected chi connectivity index (χ4v) is 6.65. The van der Waals surface area contributed by atoms with Crippen LogP contribution < -0.4 is 5.32 Å². The molecule has 2 N–H and O–H groups in total. The Kier molecular flexibility index (Phi) is 6.58. The number of carbonyl (C=O) groups is 3. The van der Waals surface area contributed by atoms with Crippen LogP contribution >= 0.6 is 11.6 Å². The van der Waals surface area contributed by atoms with E-state index in [4.69, 9.17) is 11.6 Å². The molecule has 2 fully saturated rings. The summed E-state index contributed by atoms with van der Waals surface area (Å²) in [7, 11) is 0. The zero-order valence-corrected chi connectivity index (χ0v) is 23.4. The van der Waals surface area contributed by atoms with Crippen LogP contribution in [0.4, 0.5) is 5.69 Å². The molecule has 0 bridgehead atoms. The highest BCUT2D eigenvalue weighted by atomic mass is 35.5. The average molecular weight is 588 g/mol. The number of nitro groups is 1. The third kappa shape index (κ3) is 4.32. The van der Waals surface area contributed by atoms with Crippen LogP contribution in [-0.2, 0) is 27.5 Å². The Morgan fingerprint density at radius 3 is 2.48 bits per heavy atom. The molecule has 3 heterocycles. The fourth-order valence-electron chi connectivity index (χ4n) is 6.47. The molecule has 3 aromatic carbocycles. The first-order chi connectivity index (χ1) is 20.0. The lowest BCUT2D eigenvalue weighted by Crippen LogP contribution is -2.57. The lowest BCUT2D eigenvalue weighted by atomic mass is 9.76. The first-order valence-corrected chi connectivity index (χ1v) is 13.7. The van der Waals surface area contributed by atoms with Crippen molar-refractivity contribution in [2.24, 2.45) is 11.8 Å². The van der Waals surface area contributed by atoms with Crippen molar-refractivity contribution in [3.63, 3.8) is 0 Å². The summed E-state index contributed by atoms with van der Waals surface area (Å²) >= 11 is 6.24. The van der Waals surface area contributed by atoms with E-state index in [0.717, 1.165) is 15.7 Å². The summed E-state index contributed by atoms with van der Waals surface area (Å²) in [4.78, 5) is 53.8. The van der Waals surface area contributed by atoms with E-state index in [-0.39, 0.29) is 29.4 Å². The van der Waals surface area contributed by atoms with Gasteiger partial charge in [0.1, 0.15) is 12.2 Å². The van der Waals surface area contributed by atoms with E-state index in [0.29, 0.717) is 17.0 Å². The lowest BCUT2D eigenvalue weighted by Gasteiger charge is -2.31. The maximum atomic E-state index is 14.1. The molecule has 0 spiro atoms. The van der Waals surface area contributed by atoms with Gasteiger partial charge in [0.15, 0.2) is 0 Å². The van der Waals surface area contributed by atoms with E-state index < -0.39 is 46.1 Å². The number of carbonyl (C=O) groups excluding carboxylic acids is 2. The Hall–Kier alpha value is -4.61. The number of nitro benzene ring substituents is 1. The molecule has 4 aromatic rings. The second kappa shape index (κ2) is 10.0. The molecule has 6 rings (SSSR count). The van der Waals surface area contributed by atoms with Crippen LogP contribution in [0.15, 0.2) is 66.7 Å². The molecule has 2 saturated heterocycles. The number of nitrogens with one attached hydrogen (secondary N) is 1. The molecule has 1 aromatic heterocycles. The normalized spacial score (nSPS) is 23.5. The number of carboxylic acid groups (broad SMARTS) is 1. The number of aliphatic carboxylic acids is 1. The van der Waals surface area contributed by atoms with Crippen LogP contribution in [0.2, 0.25) is 5.02 Å². The van der Waals surface area contributed by atoms with E-state index in [1.807, 2.05) is 36.4 Å². The zero-order chi connectivity index (χ0) is 29.9. The predicted molar refractivity (Wildman–Crippen MR) is 153 cm³/mol. The Morgan fingerprint density at radius 2 is 1.81 bits per heavy atom. The second-order valence-electron chi connectivity index (χ2n) is 10.9. The third-order valence-electron chi connectivity index (χ3n) is 8.32. The van der Waals surface area contributed by atoms with Crippen molar-refractivity contribution < 1.29 is 24.4 Å². The number of hydrogen-bond acceptors (Lipinski definition) is 7. The minimum Gasteiger partial charge on any atom is -0.480 e. The first kappa shape index (κ1) is 27.6. The summed E-state index contributed by atoms with van der Waals surface area (Å²) < 4.78 is 1.50. The molecule has 2 aliphatic heterocycles. The number of nitrogens with zero attached hydrogens (tertiary/aromatic N) is 4. The fraction of sp³-hybridized carbons (Fsp3) is 0.267. The van der Waals surface area contributed by atoms with Gasteiger partial charge in [0.05, 0.1) is 28.5 Å². The number of carboxylic acids is 1. The number of imide groups is 1. The number of likely N-dealkylation sites (tertiary alicyclic amines) is 1. The lowest BCUT2D eigenvalue weighted by molar-refractivity contribution is -0.385. The molecule has 42 heavy (non-hydrogen) atoms. The topological polar surface area (TPSA) is 148 Å². The van der Waals surface area contributed by atoms with Gasteiger partial charge in [-0.2, -0.15) is 5.10 Å². The Labute approximate surface area is 244 Å². The Bertz CT molecular complexity index is 1800. The highest BCUT2D eigenvalue weighted by Gasteiger charge is 2.69. The van der Waals surface area contributed by atoms with Crippen LogP contribution in [0.25, 0.3) is 10.8 Å². The highest BCUT2D eigenvalue weighted by molar-refractivity contribution is 6.30. The molecule has 11 nitrogen and oxygen atoms in total.